The molecule has 3 aromatic carbocycles. The second-order valence-electron chi connectivity index (χ2n) is 7.59. The normalized spacial score (nSPS) is 10.6. The Morgan fingerprint density at radius 2 is 1.64 bits per heavy atom. The van der Waals surface area contributed by atoms with E-state index in [-0.39, 0.29) is 5.69 Å². The van der Waals surface area contributed by atoms with E-state index >= 15 is 0 Å². The molecule has 0 spiro atoms. The van der Waals surface area contributed by atoms with Crippen LogP contribution in [0.25, 0.3) is 16.9 Å². The molecule has 0 fully saturated rings. The Hall–Kier alpha value is -3.90. The molecule has 0 unspecified atom stereocenters. The number of carbonyl (C=O) groups is 2. The van der Waals surface area contributed by atoms with Crippen molar-refractivity contribution >= 4 is 29.2 Å². The molecule has 4 rings (SSSR count). The maximum atomic E-state index is 12.9. The summed E-state index contributed by atoms with van der Waals surface area (Å²) in [5, 5.41) is 7.75. The maximum absolute atomic E-state index is 12.9. The van der Waals surface area contributed by atoms with E-state index in [2.05, 4.69) is 10.4 Å². The summed E-state index contributed by atoms with van der Waals surface area (Å²) in [6, 6.07) is 24.1. The van der Waals surface area contributed by atoms with Crippen LogP contribution in [0.3, 0.4) is 0 Å². The van der Waals surface area contributed by atoms with Crippen molar-refractivity contribution in [3.8, 4) is 16.9 Å². The molecule has 0 aliphatic heterocycles. The lowest BCUT2D eigenvalue weighted by molar-refractivity contribution is -0.119. The molecule has 0 bridgehead atoms. The monoisotopic (exact) mass is 459 g/mol. The molecule has 7 heteroatoms. The number of para-hydroxylation sites is 1. The lowest BCUT2D eigenvalue weighted by atomic mass is 10.1. The molecule has 0 aliphatic rings. The number of rotatable bonds is 6. The number of nitrogens with one attached hydrogen (secondary N) is 1. The number of anilines is 1. The predicted molar refractivity (Wildman–Crippen MR) is 129 cm³/mol. The quantitative estimate of drug-likeness (QED) is 0.380. The van der Waals surface area contributed by atoms with Crippen LogP contribution in [-0.2, 0) is 9.53 Å². The van der Waals surface area contributed by atoms with Crippen molar-refractivity contribution in [2.75, 3.05) is 11.9 Å². The van der Waals surface area contributed by atoms with Crippen LogP contribution in [0.1, 0.15) is 21.6 Å². The van der Waals surface area contributed by atoms with E-state index in [9.17, 15) is 9.59 Å². The number of aromatic nitrogens is 2. The summed E-state index contributed by atoms with van der Waals surface area (Å²) in [6.07, 6.45) is 0. The third-order valence-corrected chi connectivity index (χ3v) is 5.32. The van der Waals surface area contributed by atoms with Crippen LogP contribution >= 0.6 is 11.6 Å². The van der Waals surface area contributed by atoms with Gasteiger partial charge in [-0.05, 0) is 49.2 Å². The van der Waals surface area contributed by atoms with Crippen molar-refractivity contribution in [2.45, 2.75) is 13.8 Å². The lowest BCUT2D eigenvalue weighted by Gasteiger charge is -2.12. The van der Waals surface area contributed by atoms with Gasteiger partial charge in [0.25, 0.3) is 5.91 Å². The third-order valence-electron chi connectivity index (χ3n) is 5.02. The van der Waals surface area contributed by atoms with Crippen LogP contribution in [0.2, 0.25) is 5.02 Å². The Bertz CT molecular complexity index is 1280. The van der Waals surface area contributed by atoms with Crippen LogP contribution < -0.4 is 5.32 Å². The molecule has 0 aliphatic carbocycles. The number of nitrogens with zero attached hydrogens (tertiary/aromatic N) is 2. The molecular formula is C26H22ClN3O3. The largest absolute Gasteiger partial charge is 0.451 e. The zero-order chi connectivity index (χ0) is 23.4. The summed E-state index contributed by atoms with van der Waals surface area (Å²) < 4.78 is 6.84. The molecule has 1 amide bonds. The molecule has 33 heavy (non-hydrogen) atoms. The number of halogens is 1. The summed E-state index contributed by atoms with van der Waals surface area (Å²) in [4.78, 5) is 25.4. The fourth-order valence-electron chi connectivity index (χ4n) is 3.50. The molecule has 1 N–H and O–H groups in total. The zero-order valence-corrected chi connectivity index (χ0v) is 19.0. The van der Waals surface area contributed by atoms with Gasteiger partial charge in [0, 0.05) is 5.56 Å². The standard InChI is InChI=1S/C26H22ClN3O3/c1-17-13-18(2)25(21(27)14-17)28-24(31)16-33-26(32)23-15-22(19-9-5-3-6-10-19)29-30(23)20-11-7-4-8-12-20/h3-15H,16H2,1-2H3,(H,28,31). The van der Waals surface area contributed by atoms with Crippen molar-refractivity contribution < 1.29 is 14.3 Å². The number of benzene rings is 3. The minimum Gasteiger partial charge on any atom is -0.451 e. The predicted octanol–water partition coefficient (Wildman–Crippen LogP) is 5.61. The fraction of sp³-hybridized carbons (Fsp3) is 0.115. The first kappa shape index (κ1) is 22.3. The zero-order valence-electron chi connectivity index (χ0n) is 18.2. The highest BCUT2D eigenvalue weighted by Gasteiger charge is 2.20. The molecule has 6 nitrogen and oxygen atoms in total. The van der Waals surface area contributed by atoms with Crippen molar-refractivity contribution in [2.24, 2.45) is 0 Å². The van der Waals surface area contributed by atoms with Crippen molar-refractivity contribution in [1.29, 1.82) is 0 Å². The number of carbonyl (C=O) groups excluding carboxylic acids is 2. The number of ether oxygens (including phenoxy) is 1. The van der Waals surface area contributed by atoms with Gasteiger partial charge >= 0.3 is 5.97 Å². The highest BCUT2D eigenvalue weighted by Crippen LogP contribution is 2.27. The summed E-state index contributed by atoms with van der Waals surface area (Å²) in [5.74, 6) is -1.14. The molecule has 0 radical (unpaired) electrons. The maximum Gasteiger partial charge on any atom is 0.357 e. The van der Waals surface area contributed by atoms with Crippen LogP contribution in [0.4, 0.5) is 5.69 Å². The van der Waals surface area contributed by atoms with Crippen molar-refractivity contribution in [1.82, 2.24) is 9.78 Å². The van der Waals surface area contributed by atoms with Gasteiger partial charge in [0.15, 0.2) is 12.3 Å². The molecule has 166 valence electrons. The Morgan fingerprint density at radius 1 is 0.970 bits per heavy atom. The minimum atomic E-state index is -0.657. The number of aryl methyl sites for hydroxylation is 2. The number of hydrogen-bond acceptors (Lipinski definition) is 4. The summed E-state index contributed by atoms with van der Waals surface area (Å²) in [6.45, 7) is 3.32. The van der Waals surface area contributed by atoms with Gasteiger partial charge in [-0.3, -0.25) is 4.79 Å². The van der Waals surface area contributed by atoms with Gasteiger partial charge in [0.2, 0.25) is 0 Å². The summed E-state index contributed by atoms with van der Waals surface area (Å²) >= 11 is 6.25. The van der Waals surface area contributed by atoms with Gasteiger partial charge in [-0.2, -0.15) is 5.10 Å². The lowest BCUT2D eigenvalue weighted by Crippen LogP contribution is -2.22. The number of hydrogen-bond donors (Lipinski definition) is 1. The molecule has 1 aromatic heterocycles. The average molecular weight is 460 g/mol. The van der Waals surface area contributed by atoms with E-state index in [1.165, 1.54) is 4.68 Å². The SMILES string of the molecule is Cc1cc(C)c(NC(=O)COC(=O)c2cc(-c3ccccc3)nn2-c2ccccc2)c(Cl)c1. The van der Waals surface area contributed by atoms with E-state index in [0.29, 0.717) is 22.1 Å². The second kappa shape index (κ2) is 9.71. The van der Waals surface area contributed by atoms with E-state index < -0.39 is 18.5 Å². The van der Waals surface area contributed by atoms with Gasteiger partial charge in [0.1, 0.15) is 0 Å². The first-order valence-corrected chi connectivity index (χ1v) is 10.7. The molecule has 1 heterocycles. The molecule has 0 saturated carbocycles. The fourth-order valence-corrected chi connectivity index (χ4v) is 3.87. The van der Waals surface area contributed by atoms with E-state index in [1.54, 1.807) is 12.1 Å². The smallest absolute Gasteiger partial charge is 0.357 e. The van der Waals surface area contributed by atoms with E-state index in [0.717, 1.165) is 16.7 Å². The van der Waals surface area contributed by atoms with Crippen molar-refractivity contribution in [3.63, 3.8) is 0 Å². The average Bonchev–Trinajstić information content (AvgIpc) is 3.27. The van der Waals surface area contributed by atoms with Crippen molar-refractivity contribution in [3.05, 3.63) is 101 Å². The minimum absolute atomic E-state index is 0.220. The molecule has 4 aromatic rings. The van der Waals surface area contributed by atoms with E-state index in [4.69, 9.17) is 16.3 Å². The van der Waals surface area contributed by atoms with Gasteiger partial charge < -0.3 is 10.1 Å². The topological polar surface area (TPSA) is 73.2 Å². The van der Waals surface area contributed by atoms with Crippen LogP contribution in [0, 0.1) is 13.8 Å². The Kier molecular flexibility index (Phi) is 6.56. The molecule has 0 atom stereocenters. The van der Waals surface area contributed by atoms with Crippen LogP contribution in [0.5, 0.6) is 0 Å². The van der Waals surface area contributed by atoms with E-state index in [1.807, 2.05) is 80.6 Å². The number of amides is 1. The highest BCUT2D eigenvalue weighted by molar-refractivity contribution is 6.34. The van der Waals surface area contributed by atoms with Gasteiger partial charge in [-0.25, -0.2) is 9.48 Å². The second-order valence-corrected chi connectivity index (χ2v) is 8.00. The summed E-state index contributed by atoms with van der Waals surface area (Å²) in [7, 11) is 0. The highest BCUT2D eigenvalue weighted by atomic mass is 35.5. The first-order chi connectivity index (χ1) is 15.9. The van der Waals surface area contributed by atoms with Gasteiger partial charge in [-0.15, -0.1) is 0 Å². The Morgan fingerprint density at radius 3 is 2.30 bits per heavy atom. The van der Waals surface area contributed by atoms with Gasteiger partial charge in [0.05, 0.1) is 22.1 Å². The third kappa shape index (κ3) is 5.13. The molecule has 0 saturated heterocycles. The van der Waals surface area contributed by atoms with Crippen LogP contribution in [-0.4, -0.2) is 28.3 Å². The first-order valence-electron chi connectivity index (χ1n) is 10.4. The van der Waals surface area contributed by atoms with Gasteiger partial charge in [-0.1, -0.05) is 66.2 Å². The Balaban J connectivity index is 1.54. The summed E-state index contributed by atoms with van der Waals surface area (Å²) in [5.41, 5.74) is 4.74. The van der Waals surface area contributed by atoms with Crippen LogP contribution in [0.15, 0.2) is 78.9 Å². The Labute approximate surface area is 196 Å². The molecular weight excluding hydrogens is 438 g/mol. The number of esters is 1.